The molecule has 0 aromatic rings. The number of ether oxygens (including phenoxy) is 1. The van der Waals surface area contributed by atoms with Crippen LogP contribution in [-0.2, 0) is 4.74 Å². The second kappa shape index (κ2) is 7.10. The van der Waals surface area contributed by atoms with E-state index in [9.17, 15) is 0 Å². The maximum Gasteiger partial charge on any atom is 0.0587 e. The van der Waals surface area contributed by atoms with Crippen LogP contribution in [0.1, 0.15) is 32.1 Å². The maximum atomic E-state index is 5.62. The van der Waals surface area contributed by atoms with E-state index >= 15 is 0 Å². The summed E-state index contributed by atoms with van der Waals surface area (Å²) in [5, 5.41) is 3.38. The SMILES string of the molecule is C=CCCNCCC1CCCCO1. The molecule has 13 heavy (non-hydrogen) atoms. The first-order valence-electron chi connectivity index (χ1n) is 5.36. The number of hydrogen-bond acceptors (Lipinski definition) is 2. The Kier molecular flexibility index (Phi) is 5.87. The van der Waals surface area contributed by atoms with E-state index < -0.39 is 0 Å². The van der Waals surface area contributed by atoms with Crippen molar-refractivity contribution in [2.75, 3.05) is 19.7 Å². The fourth-order valence-electron chi connectivity index (χ4n) is 1.63. The van der Waals surface area contributed by atoms with Gasteiger partial charge in [0.1, 0.15) is 0 Å². The summed E-state index contributed by atoms with van der Waals surface area (Å²) in [5.74, 6) is 0. The molecule has 1 N–H and O–H groups in total. The highest BCUT2D eigenvalue weighted by Gasteiger charge is 2.12. The van der Waals surface area contributed by atoms with Gasteiger partial charge in [-0.3, -0.25) is 0 Å². The van der Waals surface area contributed by atoms with Crippen LogP contribution in [0.4, 0.5) is 0 Å². The van der Waals surface area contributed by atoms with Crippen LogP contribution in [0.3, 0.4) is 0 Å². The predicted octanol–water partition coefficient (Wildman–Crippen LogP) is 2.11. The largest absolute Gasteiger partial charge is 0.378 e. The molecule has 0 bridgehead atoms. The monoisotopic (exact) mass is 183 g/mol. The molecule has 0 amide bonds. The van der Waals surface area contributed by atoms with Crippen molar-refractivity contribution >= 4 is 0 Å². The zero-order chi connectivity index (χ0) is 9.36. The van der Waals surface area contributed by atoms with Gasteiger partial charge in [0.15, 0.2) is 0 Å². The van der Waals surface area contributed by atoms with Crippen LogP contribution in [-0.4, -0.2) is 25.8 Å². The molecule has 1 fully saturated rings. The van der Waals surface area contributed by atoms with Crippen molar-refractivity contribution in [2.24, 2.45) is 0 Å². The molecule has 0 aromatic carbocycles. The van der Waals surface area contributed by atoms with Gasteiger partial charge in [-0.15, -0.1) is 6.58 Å². The topological polar surface area (TPSA) is 21.3 Å². The first-order valence-corrected chi connectivity index (χ1v) is 5.36. The van der Waals surface area contributed by atoms with Gasteiger partial charge in [-0.2, -0.15) is 0 Å². The van der Waals surface area contributed by atoms with Gasteiger partial charge in [0, 0.05) is 6.61 Å². The Morgan fingerprint density at radius 1 is 1.38 bits per heavy atom. The average Bonchev–Trinajstić information content (AvgIpc) is 2.19. The van der Waals surface area contributed by atoms with Gasteiger partial charge in [0.05, 0.1) is 6.10 Å². The first kappa shape index (κ1) is 10.7. The van der Waals surface area contributed by atoms with Crippen molar-refractivity contribution in [2.45, 2.75) is 38.2 Å². The molecule has 1 unspecified atom stereocenters. The van der Waals surface area contributed by atoms with Gasteiger partial charge in [-0.25, -0.2) is 0 Å². The number of nitrogens with one attached hydrogen (secondary N) is 1. The van der Waals surface area contributed by atoms with Crippen molar-refractivity contribution in [3.63, 3.8) is 0 Å². The Balaban J connectivity index is 1.89. The second-order valence-electron chi connectivity index (χ2n) is 3.60. The van der Waals surface area contributed by atoms with Gasteiger partial charge < -0.3 is 10.1 Å². The van der Waals surface area contributed by atoms with Crippen molar-refractivity contribution in [1.82, 2.24) is 5.32 Å². The van der Waals surface area contributed by atoms with E-state index in [2.05, 4.69) is 11.9 Å². The van der Waals surface area contributed by atoms with Crippen LogP contribution in [0.5, 0.6) is 0 Å². The van der Waals surface area contributed by atoms with E-state index in [4.69, 9.17) is 4.74 Å². The fourth-order valence-corrected chi connectivity index (χ4v) is 1.63. The van der Waals surface area contributed by atoms with Crippen molar-refractivity contribution < 1.29 is 4.74 Å². The molecule has 76 valence electrons. The van der Waals surface area contributed by atoms with Crippen LogP contribution in [0, 0.1) is 0 Å². The molecule has 1 aliphatic heterocycles. The van der Waals surface area contributed by atoms with E-state index in [1.54, 1.807) is 0 Å². The molecule has 1 heterocycles. The first-order chi connectivity index (χ1) is 6.43. The van der Waals surface area contributed by atoms with Crippen LogP contribution < -0.4 is 5.32 Å². The highest BCUT2D eigenvalue weighted by molar-refractivity contribution is 4.69. The lowest BCUT2D eigenvalue weighted by molar-refractivity contribution is 0.0116. The van der Waals surface area contributed by atoms with Crippen LogP contribution in [0.15, 0.2) is 12.7 Å². The molecule has 2 heteroatoms. The highest BCUT2D eigenvalue weighted by atomic mass is 16.5. The van der Waals surface area contributed by atoms with E-state index in [0.717, 1.165) is 32.5 Å². The highest BCUT2D eigenvalue weighted by Crippen LogP contribution is 2.14. The minimum absolute atomic E-state index is 0.519. The summed E-state index contributed by atoms with van der Waals surface area (Å²) in [6.07, 6.45) is 8.54. The third kappa shape index (κ3) is 5.06. The number of rotatable bonds is 6. The summed E-state index contributed by atoms with van der Waals surface area (Å²) in [7, 11) is 0. The third-order valence-corrected chi connectivity index (χ3v) is 2.44. The second-order valence-corrected chi connectivity index (χ2v) is 3.60. The molecular weight excluding hydrogens is 162 g/mol. The lowest BCUT2D eigenvalue weighted by Gasteiger charge is -2.22. The summed E-state index contributed by atoms with van der Waals surface area (Å²) < 4.78 is 5.62. The maximum absolute atomic E-state index is 5.62. The summed E-state index contributed by atoms with van der Waals surface area (Å²) in [6.45, 7) is 6.79. The predicted molar refractivity (Wildman–Crippen MR) is 55.9 cm³/mol. The number of hydrogen-bond donors (Lipinski definition) is 1. The Labute approximate surface area is 81.4 Å². The van der Waals surface area contributed by atoms with Crippen LogP contribution in [0.25, 0.3) is 0 Å². The minimum Gasteiger partial charge on any atom is -0.378 e. The lowest BCUT2D eigenvalue weighted by Crippen LogP contribution is -2.25. The molecule has 0 radical (unpaired) electrons. The Morgan fingerprint density at radius 3 is 3.00 bits per heavy atom. The summed E-state index contributed by atoms with van der Waals surface area (Å²) >= 11 is 0. The zero-order valence-electron chi connectivity index (χ0n) is 8.43. The Bertz CT molecular complexity index is 130. The molecule has 0 aromatic heterocycles. The van der Waals surface area contributed by atoms with E-state index in [1.165, 1.54) is 19.3 Å². The molecule has 1 aliphatic rings. The molecule has 0 aliphatic carbocycles. The summed E-state index contributed by atoms with van der Waals surface area (Å²) in [5.41, 5.74) is 0. The van der Waals surface area contributed by atoms with Gasteiger partial charge in [0.25, 0.3) is 0 Å². The molecule has 1 atom stereocenters. The normalized spacial score (nSPS) is 22.9. The van der Waals surface area contributed by atoms with Gasteiger partial charge in [-0.1, -0.05) is 6.08 Å². The summed E-state index contributed by atoms with van der Waals surface area (Å²) in [6, 6.07) is 0. The van der Waals surface area contributed by atoms with Crippen LogP contribution >= 0.6 is 0 Å². The smallest absolute Gasteiger partial charge is 0.0587 e. The minimum atomic E-state index is 0.519. The average molecular weight is 183 g/mol. The van der Waals surface area contributed by atoms with Crippen molar-refractivity contribution in [1.29, 1.82) is 0 Å². The van der Waals surface area contributed by atoms with Crippen molar-refractivity contribution in [3.8, 4) is 0 Å². The molecule has 0 saturated carbocycles. The standard InChI is InChI=1S/C11H21NO/c1-2-3-8-12-9-7-11-6-4-5-10-13-11/h2,11-12H,1,3-10H2. The summed E-state index contributed by atoms with van der Waals surface area (Å²) in [4.78, 5) is 0. The Hall–Kier alpha value is -0.340. The Morgan fingerprint density at radius 2 is 2.31 bits per heavy atom. The van der Waals surface area contributed by atoms with Gasteiger partial charge >= 0.3 is 0 Å². The molecule has 0 spiro atoms. The molecule has 1 rings (SSSR count). The molecule has 1 saturated heterocycles. The van der Waals surface area contributed by atoms with E-state index in [1.807, 2.05) is 6.08 Å². The fraction of sp³-hybridized carbons (Fsp3) is 0.818. The quantitative estimate of drug-likeness (QED) is 0.503. The zero-order valence-corrected chi connectivity index (χ0v) is 8.43. The molecular formula is C11H21NO. The third-order valence-electron chi connectivity index (χ3n) is 2.44. The van der Waals surface area contributed by atoms with Gasteiger partial charge in [0.2, 0.25) is 0 Å². The van der Waals surface area contributed by atoms with E-state index in [0.29, 0.717) is 6.10 Å². The molecule has 2 nitrogen and oxygen atoms in total. The van der Waals surface area contributed by atoms with Crippen LogP contribution in [0.2, 0.25) is 0 Å². The van der Waals surface area contributed by atoms with Gasteiger partial charge in [-0.05, 0) is 45.2 Å². The van der Waals surface area contributed by atoms with Crippen molar-refractivity contribution in [3.05, 3.63) is 12.7 Å². The lowest BCUT2D eigenvalue weighted by atomic mass is 10.1. The van der Waals surface area contributed by atoms with E-state index in [-0.39, 0.29) is 0 Å².